The molecule has 0 saturated heterocycles. The molecule has 0 bridgehead atoms. The van der Waals surface area contributed by atoms with Crippen LogP contribution in [0.1, 0.15) is 10.4 Å². The van der Waals surface area contributed by atoms with Crippen LogP contribution in [0.3, 0.4) is 0 Å². The highest BCUT2D eigenvalue weighted by molar-refractivity contribution is 6.05. The van der Waals surface area contributed by atoms with Crippen LogP contribution < -0.4 is 11.1 Å². The van der Waals surface area contributed by atoms with Gasteiger partial charge in [-0.05, 0) is 30.3 Å². The Morgan fingerprint density at radius 2 is 1.78 bits per heavy atom. The molecule has 0 aliphatic carbocycles. The monoisotopic (exact) mass is 336 g/mol. The van der Waals surface area contributed by atoms with Crippen molar-refractivity contribution in [3.63, 3.8) is 0 Å². The Morgan fingerprint density at radius 3 is 2.48 bits per heavy atom. The van der Waals surface area contributed by atoms with Crippen LogP contribution in [0.4, 0.5) is 20.4 Å². The lowest BCUT2D eigenvalue weighted by Crippen LogP contribution is -2.12. The zero-order valence-corrected chi connectivity index (χ0v) is 12.4. The molecule has 118 valence electrons. The van der Waals surface area contributed by atoms with Gasteiger partial charge < -0.3 is 11.1 Å². The number of hydrogen-bond donors (Lipinski definition) is 2. The number of nitrogen functional groups attached to an aromatic ring is 1. The van der Waals surface area contributed by atoms with Gasteiger partial charge in [-0.2, -0.15) is 0 Å². The first kappa shape index (κ1) is 16.6. The number of nitrogens with one attached hydrogen (secondary N) is 1. The second-order valence-corrected chi connectivity index (χ2v) is 4.61. The summed E-state index contributed by atoms with van der Waals surface area (Å²) in [6.07, 6.45) is 1.52. The molecular weight excluding hydrogens is 326 g/mol. The molecule has 5 nitrogen and oxygen atoms in total. The van der Waals surface area contributed by atoms with Gasteiger partial charge in [0, 0.05) is 28.9 Å². The van der Waals surface area contributed by atoms with E-state index in [1.165, 1.54) is 6.20 Å². The molecule has 8 heteroatoms. The summed E-state index contributed by atoms with van der Waals surface area (Å²) in [6.45, 7) is 0. The number of carbonyl (C=O) groups is 1. The number of benzene rings is 2. The smallest absolute Gasteiger partial charge is 0.255 e. The van der Waals surface area contributed by atoms with Crippen molar-refractivity contribution in [3.05, 3.63) is 59.8 Å². The van der Waals surface area contributed by atoms with Crippen molar-refractivity contribution in [2.75, 3.05) is 11.1 Å². The van der Waals surface area contributed by atoms with Crippen LogP contribution >= 0.6 is 12.4 Å². The summed E-state index contributed by atoms with van der Waals surface area (Å²) in [4.78, 5) is 19.9. The van der Waals surface area contributed by atoms with Gasteiger partial charge in [-0.3, -0.25) is 4.79 Å². The Bertz CT molecular complexity index is 868. The van der Waals surface area contributed by atoms with Crippen molar-refractivity contribution in [3.8, 4) is 0 Å². The molecule has 3 N–H and O–H groups in total. The number of halogens is 3. The molecule has 0 spiro atoms. The Balaban J connectivity index is 0.00000192. The Kier molecular flexibility index (Phi) is 4.71. The van der Waals surface area contributed by atoms with E-state index >= 15 is 0 Å². The van der Waals surface area contributed by atoms with Crippen molar-refractivity contribution in [1.82, 2.24) is 9.97 Å². The molecule has 0 saturated carbocycles. The van der Waals surface area contributed by atoms with Gasteiger partial charge in [0.05, 0.1) is 5.52 Å². The maximum atomic E-state index is 13.1. The molecule has 0 unspecified atom stereocenters. The molecule has 23 heavy (non-hydrogen) atoms. The van der Waals surface area contributed by atoms with E-state index in [9.17, 15) is 13.6 Å². The second kappa shape index (κ2) is 6.53. The van der Waals surface area contributed by atoms with Crippen LogP contribution in [0, 0.1) is 11.6 Å². The third kappa shape index (κ3) is 3.70. The Labute approximate surface area is 136 Å². The lowest BCUT2D eigenvalue weighted by Gasteiger charge is -2.07. The van der Waals surface area contributed by atoms with E-state index in [0.717, 1.165) is 12.1 Å². The number of nitrogens with zero attached hydrogens (tertiary/aromatic N) is 2. The van der Waals surface area contributed by atoms with E-state index in [2.05, 4.69) is 15.3 Å². The molecule has 3 rings (SSSR count). The normalized spacial score (nSPS) is 10.2. The third-order valence-electron chi connectivity index (χ3n) is 2.98. The Hall–Kier alpha value is -2.80. The fourth-order valence-corrected chi connectivity index (χ4v) is 2.01. The number of rotatable bonds is 2. The predicted molar refractivity (Wildman–Crippen MR) is 85.5 cm³/mol. The van der Waals surface area contributed by atoms with Gasteiger partial charge in [-0.1, -0.05) is 0 Å². The van der Waals surface area contributed by atoms with Crippen LogP contribution in [0.2, 0.25) is 0 Å². The van der Waals surface area contributed by atoms with E-state index in [4.69, 9.17) is 5.73 Å². The van der Waals surface area contributed by atoms with Crippen molar-refractivity contribution in [2.24, 2.45) is 0 Å². The topological polar surface area (TPSA) is 80.9 Å². The summed E-state index contributed by atoms with van der Waals surface area (Å²) in [5.41, 5.74) is 6.46. The number of amides is 1. The first-order chi connectivity index (χ1) is 10.5. The summed E-state index contributed by atoms with van der Waals surface area (Å²) < 4.78 is 26.2. The maximum absolute atomic E-state index is 13.1. The van der Waals surface area contributed by atoms with Gasteiger partial charge in [0.2, 0.25) is 5.95 Å². The molecule has 1 aromatic heterocycles. The van der Waals surface area contributed by atoms with Gasteiger partial charge in [0.1, 0.15) is 11.6 Å². The first-order valence-corrected chi connectivity index (χ1v) is 6.31. The molecule has 2 aromatic carbocycles. The highest BCUT2D eigenvalue weighted by atomic mass is 35.5. The number of carbonyl (C=O) groups excluding carboxylic acids is 1. The fourth-order valence-electron chi connectivity index (χ4n) is 2.01. The van der Waals surface area contributed by atoms with Gasteiger partial charge in [-0.25, -0.2) is 18.7 Å². The first-order valence-electron chi connectivity index (χ1n) is 6.31. The molecule has 0 fully saturated rings. The molecule has 3 aromatic rings. The van der Waals surface area contributed by atoms with Crippen LogP contribution in [-0.4, -0.2) is 15.9 Å². The number of fused-ring (bicyclic) bond motifs is 1. The SMILES string of the molecule is Cl.Nc1ncc2cc(NC(=O)c3cc(F)cc(F)c3)ccc2n1. The van der Waals surface area contributed by atoms with Crippen LogP contribution in [0.25, 0.3) is 10.9 Å². The number of hydrogen-bond acceptors (Lipinski definition) is 4. The molecule has 1 amide bonds. The minimum absolute atomic E-state index is 0. The highest BCUT2D eigenvalue weighted by Gasteiger charge is 2.10. The van der Waals surface area contributed by atoms with Crippen LogP contribution in [0.5, 0.6) is 0 Å². The quantitative estimate of drug-likeness (QED) is 0.753. The summed E-state index contributed by atoms with van der Waals surface area (Å²) in [5, 5.41) is 3.24. The minimum atomic E-state index is -0.812. The third-order valence-corrected chi connectivity index (χ3v) is 2.98. The van der Waals surface area contributed by atoms with Crippen molar-refractivity contribution in [1.29, 1.82) is 0 Å². The maximum Gasteiger partial charge on any atom is 0.255 e. The van der Waals surface area contributed by atoms with E-state index in [1.807, 2.05) is 0 Å². The number of nitrogens with two attached hydrogens (primary N) is 1. The highest BCUT2D eigenvalue weighted by Crippen LogP contribution is 2.18. The summed E-state index contributed by atoms with van der Waals surface area (Å²) >= 11 is 0. The van der Waals surface area contributed by atoms with Gasteiger partial charge in [0.15, 0.2) is 0 Å². The predicted octanol–water partition coefficient (Wildman–Crippen LogP) is 3.16. The molecule has 0 aliphatic rings. The molecule has 1 heterocycles. The molecule has 0 atom stereocenters. The van der Waals surface area contributed by atoms with E-state index in [1.54, 1.807) is 18.2 Å². The van der Waals surface area contributed by atoms with Crippen molar-refractivity contribution in [2.45, 2.75) is 0 Å². The van der Waals surface area contributed by atoms with Gasteiger partial charge >= 0.3 is 0 Å². The molecular formula is C15H11ClF2N4O. The largest absolute Gasteiger partial charge is 0.368 e. The average molecular weight is 337 g/mol. The summed E-state index contributed by atoms with van der Waals surface area (Å²) in [6, 6.07) is 7.54. The fraction of sp³-hybridized carbons (Fsp3) is 0. The van der Waals surface area contributed by atoms with E-state index in [0.29, 0.717) is 22.7 Å². The number of anilines is 2. The second-order valence-electron chi connectivity index (χ2n) is 4.61. The summed E-state index contributed by atoms with van der Waals surface area (Å²) in [5.74, 6) is -2.09. The van der Waals surface area contributed by atoms with E-state index in [-0.39, 0.29) is 23.9 Å². The average Bonchev–Trinajstić information content (AvgIpc) is 2.46. The van der Waals surface area contributed by atoms with Gasteiger partial charge in [-0.15, -0.1) is 12.4 Å². The Morgan fingerprint density at radius 1 is 1.09 bits per heavy atom. The standard InChI is InChI=1S/C15H10F2N4O.ClH/c16-10-3-8(4-11(17)6-10)14(22)20-12-1-2-13-9(5-12)7-19-15(18)21-13;/h1-7H,(H,20,22)(H2,18,19,21);1H. The zero-order valence-electron chi connectivity index (χ0n) is 11.6. The van der Waals surface area contributed by atoms with Gasteiger partial charge in [0.25, 0.3) is 5.91 Å². The van der Waals surface area contributed by atoms with E-state index < -0.39 is 17.5 Å². The molecule has 0 aliphatic heterocycles. The lowest BCUT2D eigenvalue weighted by atomic mass is 10.2. The van der Waals surface area contributed by atoms with Crippen LogP contribution in [0.15, 0.2) is 42.6 Å². The van der Waals surface area contributed by atoms with Crippen LogP contribution in [-0.2, 0) is 0 Å². The molecule has 0 radical (unpaired) electrons. The summed E-state index contributed by atoms with van der Waals surface area (Å²) in [7, 11) is 0. The minimum Gasteiger partial charge on any atom is -0.368 e. The number of aromatic nitrogens is 2. The zero-order chi connectivity index (χ0) is 15.7. The van der Waals surface area contributed by atoms with Crippen molar-refractivity contribution >= 4 is 40.9 Å². The lowest BCUT2D eigenvalue weighted by molar-refractivity contribution is 0.102. The van der Waals surface area contributed by atoms with Crippen molar-refractivity contribution < 1.29 is 13.6 Å².